The summed E-state index contributed by atoms with van der Waals surface area (Å²) in [4.78, 5) is 13.5. The quantitative estimate of drug-likeness (QED) is 0.848. The van der Waals surface area contributed by atoms with Crippen molar-refractivity contribution in [2.75, 3.05) is 45.0 Å². The molecule has 0 N–H and O–H groups in total. The van der Waals surface area contributed by atoms with E-state index < -0.39 is 0 Å². The molecule has 7 nitrogen and oxygen atoms in total. The van der Waals surface area contributed by atoms with Crippen molar-refractivity contribution < 1.29 is 9.47 Å². The smallest absolute Gasteiger partial charge is 0.140 e. The molecule has 7 heteroatoms. The second-order valence-electron chi connectivity index (χ2n) is 5.91. The van der Waals surface area contributed by atoms with Gasteiger partial charge in [-0.25, -0.2) is 9.97 Å². The molecule has 1 fully saturated rings. The topological polar surface area (TPSA) is 55.7 Å². The number of anilines is 1. The molecule has 0 spiro atoms. The van der Waals surface area contributed by atoms with E-state index in [2.05, 4.69) is 26.9 Å². The summed E-state index contributed by atoms with van der Waals surface area (Å²) in [5.41, 5.74) is 3.47. The number of aromatic nitrogens is 3. The van der Waals surface area contributed by atoms with Gasteiger partial charge in [0, 0.05) is 62.7 Å². The van der Waals surface area contributed by atoms with Gasteiger partial charge in [-0.15, -0.1) is 0 Å². The molecule has 126 valence electrons. The first-order chi connectivity index (χ1) is 11.8. The predicted molar refractivity (Wildman–Crippen MR) is 90.8 cm³/mol. The van der Waals surface area contributed by atoms with Gasteiger partial charge in [0.05, 0.1) is 18.9 Å². The van der Waals surface area contributed by atoms with Crippen molar-refractivity contribution in [1.29, 1.82) is 0 Å². The molecule has 2 aromatic heterocycles. The van der Waals surface area contributed by atoms with Gasteiger partial charge in [-0.2, -0.15) is 0 Å². The third-order valence-electron chi connectivity index (χ3n) is 4.34. The highest BCUT2D eigenvalue weighted by atomic mass is 16.5. The van der Waals surface area contributed by atoms with Crippen molar-refractivity contribution in [3.8, 4) is 5.82 Å². The summed E-state index contributed by atoms with van der Waals surface area (Å²) in [6.45, 7) is 4.68. The second-order valence-corrected chi connectivity index (χ2v) is 5.91. The molecule has 0 bridgehead atoms. The Bertz CT molecular complexity index is 723. The normalized spacial score (nSPS) is 17.2. The molecule has 4 rings (SSSR count). The lowest BCUT2D eigenvalue weighted by Gasteiger charge is -2.34. The minimum Gasteiger partial charge on any atom is -0.378 e. The molecule has 24 heavy (non-hydrogen) atoms. The van der Waals surface area contributed by atoms with Crippen LogP contribution in [0.5, 0.6) is 0 Å². The Hall–Kier alpha value is -2.38. The van der Waals surface area contributed by atoms with Crippen molar-refractivity contribution >= 4 is 11.8 Å². The highest BCUT2D eigenvalue weighted by Crippen LogP contribution is 2.31. The van der Waals surface area contributed by atoms with Gasteiger partial charge in [0.15, 0.2) is 0 Å². The number of hydrogen-bond donors (Lipinski definition) is 0. The van der Waals surface area contributed by atoms with E-state index in [9.17, 15) is 0 Å². The molecule has 0 aromatic carbocycles. The van der Waals surface area contributed by atoms with Crippen LogP contribution >= 0.6 is 0 Å². The number of nitrogens with zero attached hydrogens (tertiary/aromatic N) is 5. The van der Waals surface area contributed by atoms with E-state index in [1.807, 2.05) is 17.0 Å². The molecule has 2 aliphatic rings. The zero-order valence-electron chi connectivity index (χ0n) is 13.8. The number of rotatable bonds is 4. The van der Waals surface area contributed by atoms with Gasteiger partial charge >= 0.3 is 0 Å². The number of pyridine rings is 1. The van der Waals surface area contributed by atoms with Crippen LogP contribution in [0.25, 0.3) is 11.9 Å². The number of hydrogen-bond acceptors (Lipinski definition) is 6. The average molecular weight is 327 g/mol. The second kappa shape index (κ2) is 6.62. The van der Waals surface area contributed by atoms with E-state index in [0.29, 0.717) is 6.73 Å². The van der Waals surface area contributed by atoms with Crippen LogP contribution in [0.1, 0.15) is 11.3 Å². The van der Waals surface area contributed by atoms with Crippen LogP contribution < -0.4 is 4.90 Å². The highest BCUT2D eigenvalue weighted by Gasteiger charge is 2.22. The van der Waals surface area contributed by atoms with E-state index in [0.717, 1.165) is 44.4 Å². The van der Waals surface area contributed by atoms with Crippen LogP contribution in [-0.2, 0) is 16.0 Å². The molecule has 0 amide bonds. The summed E-state index contributed by atoms with van der Waals surface area (Å²) < 4.78 is 12.7. The van der Waals surface area contributed by atoms with Gasteiger partial charge in [0.2, 0.25) is 0 Å². The molecular weight excluding hydrogens is 306 g/mol. The van der Waals surface area contributed by atoms with Gasteiger partial charge in [0.25, 0.3) is 0 Å². The SMILES string of the molecule is COCN1C=Cc2nc(-n3ccnc3)cc(N3CCOCC3)c2C1. The van der Waals surface area contributed by atoms with Gasteiger partial charge in [-0.3, -0.25) is 4.57 Å². The maximum Gasteiger partial charge on any atom is 0.140 e. The summed E-state index contributed by atoms with van der Waals surface area (Å²) in [5, 5.41) is 0. The minimum absolute atomic E-state index is 0.571. The monoisotopic (exact) mass is 327 g/mol. The van der Waals surface area contributed by atoms with Crippen LogP contribution in [0.2, 0.25) is 0 Å². The van der Waals surface area contributed by atoms with E-state index in [-0.39, 0.29) is 0 Å². The van der Waals surface area contributed by atoms with E-state index in [4.69, 9.17) is 14.5 Å². The molecule has 0 saturated carbocycles. The lowest BCUT2D eigenvalue weighted by atomic mass is 10.1. The van der Waals surface area contributed by atoms with E-state index >= 15 is 0 Å². The third kappa shape index (κ3) is 2.88. The molecule has 1 saturated heterocycles. The standard InChI is InChI=1S/C17H21N5O2/c1-23-13-20-4-2-15-14(11-20)16(21-6-8-24-9-7-21)10-17(19-15)22-5-3-18-12-22/h2-5,10,12H,6-9,11,13H2,1H3. The first kappa shape index (κ1) is 15.2. The highest BCUT2D eigenvalue weighted by molar-refractivity contribution is 5.67. The maximum absolute atomic E-state index is 5.51. The van der Waals surface area contributed by atoms with E-state index in [1.165, 1.54) is 11.3 Å². The summed E-state index contributed by atoms with van der Waals surface area (Å²) >= 11 is 0. The lowest BCUT2D eigenvalue weighted by molar-refractivity contribution is 0.0909. The number of imidazole rings is 1. The fourth-order valence-corrected chi connectivity index (χ4v) is 3.16. The zero-order valence-corrected chi connectivity index (χ0v) is 13.8. The van der Waals surface area contributed by atoms with Crippen LogP contribution in [0, 0.1) is 0 Å². The molecule has 2 aliphatic heterocycles. The number of ether oxygens (including phenoxy) is 2. The molecule has 4 heterocycles. The molecular formula is C17H21N5O2. The van der Waals surface area contributed by atoms with Gasteiger partial charge in [-0.1, -0.05) is 0 Å². The van der Waals surface area contributed by atoms with Crippen molar-refractivity contribution in [2.45, 2.75) is 6.54 Å². The summed E-state index contributed by atoms with van der Waals surface area (Å²) in [6, 6.07) is 2.15. The van der Waals surface area contributed by atoms with Crippen LogP contribution in [0.4, 0.5) is 5.69 Å². The number of fused-ring (bicyclic) bond motifs is 1. The molecule has 0 aliphatic carbocycles. The Morgan fingerprint density at radius 3 is 2.92 bits per heavy atom. The number of methoxy groups -OCH3 is 1. The van der Waals surface area contributed by atoms with Crippen LogP contribution in [-0.4, -0.2) is 59.6 Å². The average Bonchev–Trinajstić information content (AvgIpc) is 3.16. The van der Waals surface area contributed by atoms with Crippen molar-refractivity contribution in [3.05, 3.63) is 42.2 Å². The molecule has 0 unspecified atom stereocenters. The van der Waals surface area contributed by atoms with E-state index in [1.54, 1.807) is 19.6 Å². The Morgan fingerprint density at radius 2 is 2.17 bits per heavy atom. The first-order valence-electron chi connectivity index (χ1n) is 8.11. The van der Waals surface area contributed by atoms with Gasteiger partial charge in [-0.05, 0) is 6.08 Å². The molecule has 0 radical (unpaired) electrons. The fraction of sp³-hybridized carbons (Fsp3) is 0.412. The molecule has 2 aromatic rings. The summed E-state index contributed by atoms with van der Waals surface area (Å²) in [5.74, 6) is 0.887. The number of morpholine rings is 1. The van der Waals surface area contributed by atoms with Gasteiger partial charge in [0.1, 0.15) is 18.9 Å². The molecule has 0 atom stereocenters. The summed E-state index contributed by atoms with van der Waals surface area (Å²) in [7, 11) is 1.71. The summed E-state index contributed by atoms with van der Waals surface area (Å²) in [6.07, 6.45) is 9.57. The van der Waals surface area contributed by atoms with Crippen molar-refractivity contribution in [3.63, 3.8) is 0 Å². The van der Waals surface area contributed by atoms with Crippen LogP contribution in [0.15, 0.2) is 31.0 Å². The van der Waals surface area contributed by atoms with Gasteiger partial charge < -0.3 is 19.3 Å². The van der Waals surface area contributed by atoms with Crippen LogP contribution in [0.3, 0.4) is 0 Å². The zero-order chi connectivity index (χ0) is 16.4. The first-order valence-corrected chi connectivity index (χ1v) is 8.11. The minimum atomic E-state index is 0.571. The Balaban J connectivity index is 1.77. The lowest BCUT2D eigenvalue weighted by Crippen LogP contribution is -2.38. The third-order valence-corrected chi connectivity index (χ3v) is 4.34. The predicted octanol–water partition coefficient (Wildman–Crippen LogP) is 1.49. The Labute approximate surface area is 141 Å². The Kier molecular flexibility index (Phi) is 4.18. The van der Waals surface area contributed by atoms with Crippen molar-refractivity contribution in [1.82, 2.24) is 19.4 Å². The fourth-order valence-electron chi connectivity index (χ4n) is 3.16. The maximum atomic E-state index is 5.51. The largest absolute Gasteiger partial charge is 0.378 e. The Morgan fingerprint density at radius 1 is 1.29 bits per heavy atom. The van der Waals surface area contributed by atoms with Crippen molar-refractivity contribution in [2.24, 2.45) is 0 Å².